The normalized spacial score (nSPS) is 11.1. The topological polar surface area (TPSA) is 86.0 Å². The van der Waals surface area contributed by atoms with Gasteiger partial charge in [0.1, 0.15) is 0 Å². The molecular weight excluding hydrogens is 216 g/mol. The molecule has 1 rings (SSSR count). The first-order chi connectivity index (χ1) is 7.26. The summed E-state index contributed by atoms with van der Waals surface area (Å²) in [5, 5.41) is 7.08. The van der Waals surface area contributed by atoms with Crippen LogP contribution in [0.5, 0.6) is 0 Å². The minimum Gasteiger partial charge on any atom is -0.368 e. The summed E-state index contributed by atoms with van der Waals surface area (Å²) in [6.07, 6.45) is -0.218. The van der Waals surface area contributed by atoms with Gasteiger partial charge in [-0.05, 0) is 13.8 Å². The minimum absolute atomic E-state index is 0.218. The summed E-state index contributed by atoms with van der Waals surface area (Å²) in [4.78, 5) is 3.97. The molecule has 0 radical (unpaired) electrons. The van der Waals surface area contributed by atoms with Gasteiger partial charge in [0.05, 0.1) is 5.75 Å². The molecule has 0 aromatic carbocycles. The largest absolute Gasteiger partial charge is 0.368 e. The number of hydrogen-bond acceptors (Lipinski definition) is 6. The maximum atomic E-state index is 5.40. The highest BCUT2D eigenvalue weighted by molar-refractivity contribution is 7.99. The van der Waals surface area contributed by atoms with Crippen LogP contribution >= 0.6 is 11.8 Å². The first-order valence-corrected chi connectivity index (χ1v) is 5.78. The van der Waals surface area contributed by atoms with Gasteiger partial charge in [-0.25, -0.2) is 5.10 Å². The average molecular weight is 232 g/mol. The molecule has 0 saturated heterocycles. The van der Waals surface area contributed by atoms with Gasteiger partial charge in [-0.15, -0.1) is 5.10 Å². The number of ether oxygens (including phenoxy) is 2. The van der Waals surface area contributed by atoms with E-state index in [4.69, 9.17) is 15.2 Å². The van der Waals surface area contributed by atoms with Gasteiger partial charge in [0, 0.05) is 13.2 Å². The molecule has 15 heavy (non-hydrogen) atoms. The first kappa shape index (κ1) is 12.3. The molecule has 1 heterocycles. The van der Waals surface area contributed by atoms with E-state index in [1.165, 1.54) is 11.8 Å². The molecule has 0 saturated carbocycles. The Balaban J connectivity index is 2.32. The number of nitrogen functional groups attached to an aromatic ring is 1. The molecule has 0 amide bonds. The molecule has 0 bridgehead atoms. The van der Waals surface area contributed by atoms with E-state index in [-0.39, 0.29) is 6.29 Å². The van der Waals surface area contributed by atoms with Crippen molar-refractivity contribution < 1.29 is 9.47 Å². The van der Waals surface area contributed by atoms with Gasteiger partial charge in [0.25, 0.3) is 0 Å². The van der Waals surface area contributed by atoms with Crippen molar-refractivity contribution in [1.29, 1.82) is 0 Å². The van der Waals surface area contributed by atoms with Crippen LogP contribution < -0.4 is 5.73 Å². The maximum absolute atomic E-state index is 5.40. The number of rotatable bonds is 7. The lowest BCUT2D eigenvalue weighted by Gasteiger charge is -2.15. The summed E-state index contributed by atoms with van der Waals surface area (Å²) in [6.45, 7) is 5.12. The quantitative estimate of drug-likeness (QED) is 0.536. The lowest BCUT2D eigenvalue weighted by atomic mass is 10.7. The zero-order valence-corrected chi connectivity index (χ0v) is 9.71. The van der Waals surface area contributed by atoms with Gasteiger partial charge in [-0.1, -0.05) is 11.8 Å². The highest BCUT2D eigenvalue weighted by Gasteiger charge is 2.10. The first-order valence-electron chi connectivity index (χ1n) is 4.80. The molecule has 0 spiro atoms. The van der Waals surface area contributed by atoms with Crippen molar-refractivity contribution in [3.8, 4) is 0 Å². The molecule has 0 aliphatic carbocycles. The number of thioether (sulfide) groups is 1. The van der Waals surface area contributed by atoms with E-state index in [0.29, 0.717) is 30.1 Å². The van der Waals surface area contributed by atoms with Crippen LogP contribution in [0.15, 0.2) is 5.16 Å². The van der Waals surface area contributed by atoms with Gasteiger partial charge in [0.15, 0.2) is 6.29 Å². The molecule has 0 unspecified atom stereocenters. The fourth-order valence-corrected chi connectivity index (χ4v) is 1.73. The average Bonchev–Trinajstić information content (AvgIpc) is 2.61. The van der Waals surface area contributed by atoms with Gasteiger partial charge in [-0.2, -0.15) is 4.98 Å². The number of nitrogens with two attached hydrogens (primary N) is 1. The maximum Gasteiger partial charge on any atom is 0.216 e. The monoisotopic (exact) mass is 232 g/mol. The number of nitrogens with zero attached hydrogens (tertiary/aromatic N) is 2. The van der Waals surface area contributed by atoms with Crippen LogP contribution in [-0.2, 0) is 9.47 Å². The molecule has 1 aromatic heterocycles. The molecule has 0 atom stereocenters. The van der Waals surface area contributed by atoms with Crippen molar-refractivity contribution in [1.82, 2.24) is 15.2 Å². The van der Waals surface area contributed by atoms with Crippen LogP contribution in [0.3, 0.4) is 0 Å². The van der Waals surface area contributed by atoms with E-state index in [1.54, 1.807) is 0 Å². The molecule has 86 valence electrons. The second-order valence-corrected chi connectivity index (χ2v) is 3.64. The third-order valence-corrected chi connectivity index (χ3v) is 2.42. The summed E-state index contributed by atoms with van der Waals surface area (Å²) < 4.78 is 10.7. The predicted molar refractivity (Wildman–Crippen MR) is 58.6 cm³/mol. The van der Waals surface area contributed by atoms with Crippen LogP contribution in [-0.4, -0.2) is 40.4 Å². The van der Waals surface area contributed by atoms with E-state index >= 15 is 0 Å². The van der Waals surface area contributed by atoms with Crippen molar-refractivity contribution >= 4 is 17.7 Å². The summed E-state index contributed by atoms with van der Waals surface area (Å²) in [5.41, 5.74) is 5.40. The summed E-state index contributed by atoms with van der Waals surface area (Å²) >= 11 is 1.45. The van der Waals surface area contributed by atoms with Crippen molar-refractivity contribution in [3.05, 3.63) is 0 Å². The van der Waals surface area contributed by atoms with Crippen molar-refractivity contribution in [2.75, 3.05) is 24.7 Å². The van der Waals surface area contributed by atoms with Crippen LogP contribution in [0.4, 0.5) is 5.95 Å². The van der Waals surface area contributed by atoms with E-state index in [2.05, 4.69) is 15.2 Å². The second kappa shape index (κ2) is 6.65. The van der Waals surface area contributed by atoms with Gasteiger partial charge in [0.2, 0.25) is 11.1 Å². The van der Waals surface area contributed by atoms with Gasteiger partial charge < -0.3 is 15.2 Å². The Morgan fingerprint density at radius 3 is 2.53 bits per heavy atom. The lowest BCUT2D eigenvalue weighted by molar-refractivity contribution is -0.120. The molecule has 0 fully saturated rings. The van der Waals surface area contributed by atoms with Gasteiger partial charge >= 0.3 is 0 Å². The Labute approximate surface area is 92.9 Å². The van der Waals surface area contributed by atoms with Crippen LogP contribution in [0, 0.1) is 0 Å². The highest BCUT2D eigenvalue weighted by atomic mass is 32.2. The summed E-state index contributed by atoms with van der Waals surface area (Å²) in [7, 11) is 0. The van der Waals surface area contributed by atoms with E-state index in [9.17, 15) is 0 Å². The summed E-state index contributed by atoms with van der Waals surface area (Å²) in [5.74, 6) is 0.973. The molecular formula is C8H16N4O2S. The van der Waals surface area contributed by atoms with Crippen LogP contribution in [0.1, 0.15) is 13.8 Å². The molecule has 0 aliphatic heterocycles. The number of hydrogen-bond donors (Lipinski definition) is 2. The molecule has 7 heteroatoms. The van der Waals surface area contributed by atoms with Crippen molar-refractivity contribution in [3.63, 3.8) is 0 Å². The molecule has 1 aromatic rings. The SMILES string of the molecule is CCOC(CSc1n[nH]c(N)n1)OCC. The number of nitrogens with one attached hydrogen (secondary N) is 1. The third-order valence-electron chi connectivity index (χ3n) is 1.54. The van der Waals surface area contributed by atoms with Crippen LogP contribution in [0.2, 0.25) is 0 Å². The Hall–Kier alpha value is -0.790. The second-order valence-electron chi connectivity index (χ2n) is 2.65. The summed E-state index contributed by atoms with van der Waals surface area (Å²) in [6, 6.07) is 0. The zero-order valence-electron chi connectivity index (χ0n) is 8.90. The molecule has 0 aliphatic rings. The van der Waals surface area contributed by atoms with Gasteiger partial charge in [-0.3, -0.25) is 0 Å². The third kappa shape index (κ3) is 4.50. The Kier molecular flexibility index (Phi) is 5.44. The van der Waals surface area contributed by atoms with Crippen molar-refractivity contribution in [2.45, 2.75) is 25.3 Å². The highest BCUT2D eigenvalue weighted by Crippen LogP contribution is 2.15. The van der Waals surface area contributed by atoms with E-state index in [1.807, 2.05) is 13.8 Å². The van der Waals surface area contributed by atoms with E-state index < -0.39 is 0 Å². The Bertz CT molecular complexity index is 275. The number of H-pyrrole nitrogens is 1. The smallest absolute Gasteiger partial charge is 0.216 e. The number of aromatic nitrogens is 3. The van der Waals surface area contributed by atoms with Crippen molar-refractivity contribution in [2.24, 2.45) is 0 Å². The Morgan fingerprint density at radius 2 is 2.07 bits per heavy atom. The van der Waals surface area contributed by atoms with E-state index in [0.717, 1.165) is 0 Å². The lowest BCUT2D eigenvalue weighted by Crippen LogP contribution is -2.20. The fourth-order valence-electron chi connectivity index (χ4n) is 0.981. The molecule has 6 nitrogen and oxygen atoms in total. The standard InChI is InChI=1S/C8H16N4O2S/c1-3-13-6(14-4-2)5-15-8-10-7(9)11-12-8/h6H,3-5H2,1-2H3,(H3,9,10,11,12). The minimum atomic E-state index is -0.218. The Morgan fingerprint density at radius 1 is 1.40 bits per heavy atom. The molecule has 3 N–H and O–H groups in total. The number of aromatic amines is 1. The predicted octanol–water partition coefficient (Wildman–Crippen LogP) is 0.878. The number of anilines is 1. The fraction of sp³-hybridized carbons (Fsp3) is 0.750. The zero-order chi connectivity index (χ0) is 11.1. The van der Waals surface area contributed by atoms with Crippen LogP contribution in [0.25, 0.3) is 0 Å².